The molecule has 0 aliphatic rings. The van der Waals surface area contributed by atoms with Crippen LogP contribution in [0.2, 0.25) is 10.0 Å². The Morgan fingerprint density at radius 1 is 1.27 bits per heavy atom. The van der Waals surface area contributed by atoms with Crippen LogP contribution >= 0.6 is 23.2 Å². The van der Waals surface area contributed by atoms with Gasteiger partial charge in [0.15, 0.2) is 6.10 Å². The Kier molecular flexibility index (Phi) is 5.26. The predicted molar refractivity (Wildman–Crippen MR) is 82.7 cm³/mol. The maximum absolute atomic E-state index is 11.7. The van der Waals surface area contributed by atoms with Crippen molar-refractivity contribution in [3.8, 4) is 11.7 Å². The van der Waals surface area contributed by atoms with Crippen molar-refractivity contribution in [1.29, 1.82) is 0 Å². The van der Waals surface area contributed by atoms with E-state index in [1.165, 1.54) is 11.0 Å². The third kappa shape index (κ3) is 4.11. The summed E-state index contributed by atoms with van der Waals surface area (Å²) in [5.41, 5.74) is 0.603. The highest BCUT2D eigenvalue weighted by atomic mass is 35.5. The average Bonchev–Trinajstić information content (AvgIpc) is 2.86. The molecule has 22 heavy (non-hydrogen) atoms. The molecule has 1 atom stereocenters. The van der Waals surface area contributed by atoms with Gasteiger partial charge in [0.2, 0.25) is 0 Å². The van der Waals surface area contributed by atoms with Crippen LogP contribution in [0.25, 0.3) is 5.69 Å². The molecule has 1 aromatic carbocycles. The van der Waals surface area contributed by atoms with Gasteiger partial charge in [-0.25, -0.2) is 9.48 Å². The van der Waals surface area contributed by atoms with Crippen LogP contribution in [-0.4, -0.2) is 32.9 Å². The molecule has 2 aromatic rings. The van der Waals surface area contributed by atoms with Gasteiger partial charge in [0.1, 0.15) is 6.33 Å². The summed E-state index contributed by atoms with van der Waals surface area (Å²) in [7, 11) is 0. The van der Waals surface area contributed by atoms with E-state index in [1.807, 2.05) is 0 Å². The van der Waals surface area contributed by atoms with Gasteiger partial charge in [0.05, 0.1) is 16.8 Å². The predicted octanol–water partition coefficient (Wildman–Crippen LogP) is 3.29. The van der Waals surface area contributed by atoms with Crippen molar-refractivity contribution in [2.45, 2.75) is 33.0 Å². The van der Waals surface area contributed by atoms with E-state index in [0.717, 1.165) is 0 Å². The maximum atomic E-state index is 11.7. The van der Waals surface area contributed by atoms with Gasteiger partial charge in [-0.2, -0.15) is 4.98 Å². The lowest BCUT2D eigenvalue weighted by Crippen LogP contribution is -2.28. The van der Waals surface area contributed by atoms with E-state index in [0.29, 0.717) is 15.7 Å². The molecule has 0 spiro atoms. The third-order valence-corrected chi connectivity index (χ3v) is 3.13. The second-order valence-corrected chi connectivity index (χ2v) is 5.66. The molecule has 0 aliphatic heterocycles. The molecular weight excluding hydrogens is 329 g/mol. The van der Waals surface area contributed by atoms with Crippen molar-refractivity contribution < 1.29 is 14.3 Å². The molecule has 0 radical (unpaired) electrons. The molecule has 8 heteroatoms. The first-order valence-electron chi connectivity index (χ1n) is 6.61. The minimum absolute atomic E-state index is 0.0548. The number of aromatic nitrogens is 3. The van der Waals surface area contributed by atoms with Crippen LogP contribution < -0.4 is 4.74 Å². The van der Waals surface area contributed by atoms with Crippen molar-refractivity contribution >= 4 is 29.2 Å². The maximum Gasteiger partial charge on any atom is 0.347 e. The lowest BCUT2D eigenvalue weighted by atomic mass is 10.3. The lowest BCUT2D eigenvalue weighted by Gasteiger charge is -2.13. The number of hydrogen-bond acceptors (Lipinski definition) is 5. The summed E-state index contributed by atoms with van der Waals surface area (Å²) in [6.45, 7) is 5.10. The van der Waals surface area contributed by atoms with E-state index < -0.39 is 12.1 Å². The lowest BCUT2D eigenvalue weighted by molar-refractivity contribution is -0.155. The number of carbonyl (C=O) groups excluding carboxylic acids is 1. The van der Waals surface area contributed by atoms with Crippen LogP contribution in [0.3, 0.4) is 0 Å². The SMILES string of the molecule is CC(C)OC(=O)C(C)Oc1ncn(-c2ccc(Cl)cc2Cl)n1. The minimum atomic E-state index is -0.807. The molecule has 1 aromatic heterocycles. The number of esters is 1. The number of hydrogen-bond donors (Lipinski definition) is 0. The van der Waals surface area contributed by atoms with Gasteiger partial charge in [-0.05, 0) is 39.0 Å². The quantitative estimate of drug-likeness (QED) is 0.779. The van der Waals surface area contributed by atoms with Crippen molar-refractivity contribution in [2.75, 3.05) is 0 Å². The number of halogens is 2. The van der Waals surface area contributed by atoms with E-state index in [2.05, 4.69) is 10.1 Å². The zero-order valence-electron chi connectivity index (χ0n) is 12.3. The van der Waals surface area contributed by atoms with Gasteiger partial charge in [0, 0.05) is 5.02 Å². The summed E-state index contributed by atoms with van der Waals surface area (Å²) in [6, 6.07) is 5.05. The van der Waals surface area contributed by atoms with E-state index in [4.69, 9.17) is 32.7 Å². The Morgan fingerprint density at radius 3 is 2.64 bits per heavy atom. The molecule has 0 amide bonds. The van der Waals surface area contributed by atoms with E-state index in [9.17, 15) is 4.79 Å². The van der Waals surface area contributed by atoms with Gasteiger partial charge >= 0.3 is 12.0 Å². The topological polar surface area (TPSA) is 66.2 Å². The van der Waals surface area contributed by atoms with E-state index >= 15 is 0 Å². The molecule has 1 heterocycles. The fourth-order valence-electron chi connectivity index (χ4n) is 1.62. The van der Waals surface area contributed by atoms with Crippen LogP contribution in [0, 0.1) is 0 Å². The summed E-state index contributed by atoms with van der Waals surface area (Å²) >= 11 is 11.9. The van der Waals surface area contributed by atoms with Crippen molar-refractivity contribution in [1.82, 2.24) is 14.8 Å². The van der Waals surface area contributed by atoms with E-state index in [-0.39, 0.29) is 12.1 Å². The third-order valence-electron chi connectivity index (χ3n) is 2.59. The largest absolute Gasteiger partial charge is 0.460 e. The average molecular weight is 344 g/mol. The molecule has 118 valence electrons. The minimum Gasteiger partial charge on any atom is -0.460 e. The molecule has 0 saturated heterocycles. The van der Waals surface area contributed by atoms with Crippen molar-refractivity contribution in [3.05, 3.63) is 34.6 Å². The van der Waals surface area contributed by atoms with Crippen molar-refractivity contribution in [2.24, 2.45) is 0 Å². The van der Waals surface area contributed by atoms with Crippen LogP contribution in [0.4, 0.5) is 0 Å². The summed E-state index contributed by atoms with van der Waals surface area (Å²) in [6.07, 6.45) is 0.418. The monoisotopic (exact) mass is 343 g/mol. The molecule has 0 saturated carbocycles. The fourth-order valence-corrected chi connectivity index (χ4v) is 2.11. The van der Waals surface area contributed by atoms with Crippen LogP contribution in [0.15, 0.2) is 24.5 Å². The Morgan fingerprint density at radius 2 is 2.00 bits per heavy atom. The molecule has 0 fully saturated rings. The van der Waals surface area contributed by atoms with Gasteiger partial charge in [0.25, 0.3) is 0 Å². The molecule has 2 rings (SSSR count). The number of carbonyl (C=O) groups is 1. The first kappa shape index (κ1) is 16.6. The zero-order chi connectivity index (χ0) is 16.3. The smallest absolute Gasteiger partial charge is 0.347 e. The molecular formula is C14H15Cl2N3O3. The van der Waals surface area contributed by atoms with Gasteiger partial charge in [-0.1, -0.05) is 23.2 Å². The van der Waals surface area contributed by atoms with E-state index in [1.54, 1.807) is 39.0 Å². The first-order valence-corrected chi connectivity index (χ1v) is 7.36. The number of rotatable bonds is 5. The molecule has 1 unspecified atom stereocenters. The Hall–Kier alpha value is -1.79. The van der Waals surface area contributed by atoms with Crippen LogP contribution in [0.5, 0.6) is 6.01 Å². The van der Waals surface area contributed by atoms with Crippen LogP contribution in [0.1, 0.15) is 20.8 Å². The summed E-state index contributed by atoms with van der Waals surface area (Å²) in [5.74, 6) is -0.476. The Bertz CT molecular complexity index is 673. The normalized spacial score (nSPS) is 12.3. The van der Waals surface area contributed by atoms with Gasteiger partial charge in [-0.15, -0.1) is 5.10 Å². The zero-order valence-corrected chi connectivity index (χ0v) is 13.8. The highest BCUT2D eigenvalue weighted by Crippen LogP contribution is 2.24. The highest BCUT2D eigenvalue weighted by molar-refractivity contribution is 6.35. The first-order chi connectivity index (χ1) is 10.4. The standard InChI is InChI=1S/C14H15Cl2N3O3/c1-8(2)21-13(20)9(3)22-14-17-7-19(18-14)12-5-4-10(15)6-11(12)16/h4-9H,1-3H3. The highest BCUT2D eigenvalue weighted by Gasteiger charge is 2.19. The Balaban J connectivity index is 2.10. The second kappa shape index (κ2) is 6.98. The Labute approximate surface area is 138 Å². The summed E-state index contributed by atoms with van der Waals surface area (Å²) < 4.78 is 11.8. The van der Waals surface area contributed by atoms with Crippen LogP contribution in [-0.2, 0) is 9.53 Å². The number of ether oxygens (including phenoxy) is 2. The second-order valence-electron chi connectivity index (χ2n) is 4.81. The molecule has 0 aliphatic carbocycles. The molecule has 6 nitrogen and oxygen atoms in total. The number of nitrogens with zero attached hydrogens (tertiary/aromatic N) is 3. The molecule has 0 N–H and O–H groups in total. The fraction of sp³-hybridized carbons (Fsp3) is 0.357. The van der Waals surface area contributed by atoms with Gasteiger partial charge < -0.3 is 9.47 Å². The summed E-state index contributed by atoms with van der Waals surface area (Å²) in [4.78, 5) is 15.7. The van der Waals surface area contributed by atoms with Gasteiger partial charge in [-0.3, -0.25) is 0 Å². The number of benzene rings is 1. The summed E-state index contributed by atoms with van der Waals surface area (Å²) in [5, 5.41) is 5.07. The molecule has 0 bridgehead atoms. The van der Waals surface area contributed by atoms with Crippen molar-refractivity contribution in [3.63, 3.8) is 0 Å².